The van der Waals surface area contributed by atoms with Gasteiger partial charge in [0.05, 0.1) is 6.20 Å². The number of rotatable bonds is 5. The first kappa shape index (κ1) is 18.0. The monoisotopic (exact) mass is 353 g/mol. The van der Waals surface area contributed by atoms with Crippen molar-refractivity contribution in [2.24, 2.45) is 0 Å². The van der Waals surface area contributed by atoms with Gasteiger partial charge in [-0.05, 0) is 12.0 Å². The van der Waals surface area contributed by atoms with Crippen molar-refractivity contribution in [3.05, 3.63) is 60.2 Å². The molecule has 136 valence electrons. The molecule has 1 aromatic carbocycles. The molecular formula is C19H23N5O2. The molecular weight excluding hydrogens is 330 g/mol. The number of benzene rings is 1. The van der Waals surface area contributed by atoms with Crippen LogP contribution in [-0.2, 0) is 11.2 Å². The van der Waals surface area contributed by atoms with Crippen LogP contribution in [0.3, 0.4) is 0 Å². The molecule has 1 saturated heterocycles. The van der Waals surface area contributed by atoms with Crippen LogP contribution < -0.4 is 5.32 Å². The van der Waals surface area contributed by atoms with Crippen molar-refractivity contribution in [2.75, 3.05) is 33.2 Å². The van der Waals surface area contributed by atoms with Gasteiger partial charge in [-0.2, -0.15) is 0 Å². The lowest BCUT2D eigenvalue weighted by Crippen LogP contribution is -2.60. The van der Waals surface area contributed by atoms with Crippen molar-refractivity contribution in [1.82, 2.24) is 25.1 Å². The zero-order valence-corrected chi connectivity index (χ0v) is 14.8. The Morgan fingerprint density at radius 2 is 2.00 bits per heavy atom. The van der Waals surface area contributed by atoms with E-state index in [-0.39, 0.29) is 17.9 Å². The second-order valence-electron chi connectivity index (χ2n) is 6.24. The molecule has 26 heavy (non-hydrogen) atoms. The lowest BCUT2D eigenvalue weighted by molar-refractivity contribution is -0.127. The van der Waals surface area contributed by atoms with Crippen LogP contribution in [0.4, 0.5) is 0 Å². The molecule has 2 heterocycles. The normalized spacial score (nSPS) is 17.7. The van der Waals surface area contributed by atoms with Gasteiger partial charge in [0.1, 0.15) is 11.7 Å². The third kappa shape index (κ3) is 4.23. The molecule has 1 unspecified atom stereocenters. The predicted octanol–water partition coefficient (Wildman–Crippen LogP) is 0.592. The van der Waals surface area contributed by atoms with Gasteiger partial charge in [0.2, 0.25) is 5.91 Å². The third-order valence-electron chi connectivity index (χ3n) is 4.64. The van der Waals surface area contributed by atoms with E-state index >= 15 is 0 Å². The van der Waals surface area contributed by atoms with E-state index in [0.717, 1.165) is 13.0 Å². The molecule has 2 amide bonds. The minimum atomic E-state index is -0.363. The second-order valence-corrected chi connectivity index (χ2v) is 6.24. The van der Waals surface area contributed by atoms with Crippen LogP contribution in [0.5, 0.6) is 0 Å². The van der Waals surface area contributed by atoms with E-state index < -0.39 is 0 Å². The Morgan fingerprint density at radius 1 is 1.19 bits per heavy atom. The zero-order chi connectivity index (χ0) is 18.4. The molecule has 1 aliphatic rings. The topological polar surface area (TPSA) is 78.4 Å². The van der Waals surface area contributed by atoms with Crippen LogP contribution in [0, 0.1) is 0 Å². The molecule has 0 saturated carbocycles. The highest BCUT2D eigenvalue weighted by Crippen LogP contribution is 2.14. The van der Waals surface area contributed by atoms with Crippen molar-refractivity contribution in [1.29, 1.82) is 0 Å². The summed E-state index contributed by atoms with van der Waals surface area (Å²) in [5, 5.41) is 2.72. The summed E-state index contributed by atoms with van der Waals surface area (Å²) in [5.74, 6) is -0.260. The Hall–Kier alpha value is -2.80. The van der Waals surface area contributed by atoms with Crippen LogP contribution in [0.15, 0.2) is 48.9 Å². The first-order chi connectivity index (χ1) is 12.7. The van der Waals surface area contributed by atoms with Crippen LogP contribution in [0.1, 0.15) is 16.1 Å². The fourth-order valence-electron chi connectivity index (χ4n) is 3.18. The molecule has 7 heteroatoms. The summed E-state index contributed by atoms with van der Waals surface area (Å²) in [4.78, 5) is 36.8. The van der Waals surface area contributed by atoms with Crippen LogP contribution in [0.25, 0.3) is 0 Å². The number of amides is 2. The molecule has 0 aliphatic carbocycles. The van der Waals surface area contributed by atoms with Crippen LogP contribution in [0.2, 0.25) is 0 Å². The summed E-state index contributed by atoms with van der Waals surface area (Å²) in [5.41, 5.74) is 1.54. The minimum absolute atomic E-state index is 0.0743. The van der Waals surface area contributed by atoms with E-state index in [0.29, 0.717) is 25.3 Å². The Bertz CT molecular complexity index is 738. The maximum absolute atomic E-state index is 12.6. The highest BCUT2D eigenvalue weighted by Gasteiger charge is 2.34. The highest BCUT2D eigenvalue weighted by atomic mass is 16.2. The molecule has 1 N–H and O–H groups in total. The average Bonchev–Trinajstić information content (AvgIpc) is 2.72. The molecule has 1 fully saturated rings. The molecule has 1 aromatic heterocycles. The van der Waals surface area contributed by atoms with Gasteiger partial charge < -0.3 is 10.2 Å². The molecule has 0 radical (unpaired) electrons. The predicted molar refractivity (Wildman–Crippen MR) is 97.5 cm³/mol. The van der Waals surface area contributed by atoms with Gasteiger partial charge in [0.25, 0.3) is 5.91 Å². The molecule has 0 bridgehead atoms. The van der Waals surface area contributed by atoms with Crippen LogP contribution >= 0.6 is 0 Å². The summed E-state index contributed by atoms with van der Waals surface area (Å²) in [6.07, 6.45) is 5.36. The summed E-state index contributed by atoms with van der Waals surface area (Å²) in [7, 11) is 1.63. The van der Waals surface area contributed by atoms with Gasteiger partial charge in [0.15, 0.2) is 0 Å². The zero-order valence-electron chi connectivity index (χ0n) is 14.8. The third-order valence-corrected chi connectivity index (χ3v) is 4.64. The Balaban J connectivity index is 1.67. The number of hydrogen-bond donors (Lipinski definition) is 1. The Kier molecular flexibility index (Phi) is 5.91. The summed E-state index contributed by atoms with van der Waals surface area (Å²) in [6.45, 7) is 2.34. The fourth-order valence-corrected chi connectivity index (χ4v) is 3.18. The lowest BCUT2D eigenvalue weighted by Gasteiger charge is -2.40. The number of hydrogen-bond acceptors (Lipinski definition) is 5. The number of carbonyl (C=O) groups is 2. The largest absolute Gasteiger partial charge is 0.358 e. The number of nitrogens with one attached hydrogen (secondary N) is 1. The molecule has 2 aromatic rings. The standard InChI is InChI=1S/C19H23N5O2/c1-20-18(25)17-14-24(19(26)16-13-21-8-9-22-16)12-11-23(17)10-7-15-5-3-2-4-6-15/h2-6,8-9,13,17H,7,10-12,14H2,1H3,(H,20,25). The van der Waals surface area contributed by atoms with Crippen molar-refractivity contribution in [3.63, 3.8) is 0 Å². The number of carbonyl (C=O) groups excluding carboxylic acids is 2. The van der Waals surface area contributed by atoms with E-state index in [1.165, 1.54) is 24.2 Å². The molecule has 7 nitrogen and oxygen atoms in total. The van der Waals surface area contributed by atoms with Gasteiger partial charge in [-0.25, -0.2) is 4.98 Å². The number of likely N-dealkylation sites (N-methyl/N-ethyl adjacent to an activating group) is 1. The van der Waals surface area contributed by atoms with E-state index in [1.54, 1.807) is 11.9 Å². The molecule has 0 spiro atoms. The first-order valence-electron chi connectivity index (χ1n) is 8.74. The van der Waals surface area contributed by atoms with Crippen molar-refractivity contribution >= 4 is 11.8 Å². The summed E-state index contributed by atoms with van der Waals surface area (Å²) in [6, 6.07) is 9.84. The highest BCUT2D eigenvalue weighted by molar-refractivity contribution is 5.93. The van der Waals surface area contributed by atoms with Crippen LogP contribution in [-0.4, -0.2) is 70.9 Å². The first-order valence-corrected chi connectivity index (χ1v) is 8.74. The van der Waals surface area contributed by atoms with Gasteiger partial charge in [-0.1, -0.05) is 30.3 Å². The van der Waals surface area contributed by atoms with E-state index in [4.69, 9.17) is 0 Å². The quantitative estimate of drug-likeness (QED) is 0.851. The average molecular weight is 353 g/mol. The van der Waals surface area contributed by atoms with Gasteiger partial charge in [0, 0.05) is 45.6 Å². The maximum Gasteiger partial charge on any atom is 0.274 e. The summed E-state index contributed by atoms with van der Waals surface area (Å²) < 4.78 is 0. The van der Waals surface area contributed by atoms with Crippen molar-refractivity contribution in [2.45, 2.75) is 12.5 Å². The van der Waals surface area contributed by atoms with E-state index in [1.807, 2.05) is 18.2 Å². The van der Waals surface area contributed by atoms with Gasteiger partial charge >= 0.3 is 0 Å². The number of nitrogens with zero attached hydrogens (tertiary/aromatic N) is 4. The smallest absolute Gasteiger partial charge is 0.274 e. The lowest BCUT2D eigenvalue weighted by atomic mass is 10.1. The van der Waals surface area contributed by atoms with Crippen molar-refractivity contribution < 1.29 is 9.59 Å². The van der Waals surface area contributed by atoms with Gasteiger partial charge in [-0.15, -0.1) is 0 Å². The molecule has 1 atom stereocenters. The number of piperazine rings is 1. The minimum Gasteiger partial charge on any atom is -0.358 e. The van der Waals surface area contributed by atoms with Crippen molar-refractivity contribution in [3.8, 4) is 0 Å². The van der Waals surface area contributed by atoms with E-state index in [9.17, 15) is 9.59 Å². The summed E-state index contributed by atoms with van der Waals surface area (Å²) >= 11 is 0. The Morgan fingerprint density at radius 3 is 2.69 bits per heavy atom. The van der Waals surface area contributed by atoms with Gasteiger partial charge in [-0.3, -0.25) is 19.5 Å². The molecule has 3 rings (SSSR count). The maximum atomic E-state index is 12.6. The SMILES string of the molecule is CNC(=O)C1CN(C(=O)c2cnccn2)CCN1CCc1ccccc1. The van der Waals surface area contributed by atoms with E-state index in [2.05, 4.69) is 32.3 Å². The fraction of sp³-hybridized carbons (Fsp3) is 0.368. The second kappa shape index (κ2) is 8.53. The molecule has 1 aliphatic heterocycles. The number of aromatic nitrogens is 2. The Labute approximate surface area is 153 Å².